The molecular weight excluding hydrogens is 196 g/mol. The molecule has 96 valence electrons. The van der Waals surface area contributed by atoms with Crippen LogP contribution in [0.1, 0.15) is 58.8 Å². The second-order valence-electron chi connectivity index (χ2n) is 5.30. The van der Waals surface area contributed by atoms with Crippen molar-refractivity contribution >= 4 is 0 Å². The molecule has 2 heteroatoms. The van der Waals surface area contributed by atoms with Gasteiger partial charge in [0.1, 0.15) is 0 Å². The largest absolute Gasteiger partial charge is 0.317 e. The molecule has 2 nitrogen and oxygen atoms in total. The topological polar surface area (TPSA) is 15.3 Å². The number of hydrogen-bond acceptors (Lipinski definition) is 2. The van der Waals surface area contributed by atoms with Crippen LogP contribution < -0.4 is 5.32 Å². The maximum atomic E-state index is 3.40. The van der Waals surface area contributed by atoms with Crippen molar-refractivity contribution in [3.63, 3.8) is 0 Å². The first kappa shape index (κ1) is 14.0. The molecule has 0 aliphatic carbocycles. The molecular formula is C14H30N2. The van der Waals surface area contributed by atoms with Gasteiger partial charge in [0.25, 0.3) is 0 Å². The predicted octanol–water partition coefficient (Wildman–Crippen LogP) is 3.03. The van der Waals surface area contributed by atoms with Gasteiger partial charge in [-0.1, -0.05) is 32.6 Å². The van der Waals surface area contributed by atoms with Crippen molar-refractivity contribution in [1.29, 1.82) is 0 Å². The van der Waals surface area contributed by atoms with Crippen molar-refractivity contribution < 1.29 is 0 Å². The summed E-state index contributed by atoms with van der Waals surface area (Å²) in [5.74, 6) is 0. The fraction of sp³-hybridized carbons (Fsp3) is 1.00. The Labute approximate surface area is 102 Å². The van der Waals surface area contributed by atoms with Gasteiger partial charge in [-0.3, -0.25) is 0 Å². The zero-order valence-electron chi connectivity index (χ0n) is 11.5. The maximum absolute atomic E-state index is 3.40. The number of hydrogen-bond donors (Lipinski definition) is 1. The standard InChI is InChI=1S/C14H30N2/c1-4-5-6-7-8-13(2)16-11-9-14(15-3)10-12-16/h13-15H,4-12H2,1-3H3. The van der Waals surface area contributed by atoms with Crippen LogP contribution in [0.15, 0.2) is 0 Å². The molecule has 0 amide bonds. The lowest BCUT2D eigenvalue weighted by atomic mass is 10.0. The molecule has 1 heterocycles. The van der Waals surface area contributed by atoms with Gasteiger partial charge in [-0.2, -0.15) is 0 Å². The van der Waals surface area contributed by atoms with E-state index in [1.54, 1.807) is 0 Å². The van der Waals surface area contributed by atoms with Gasteiger partial charge in [0.15, 0.2) is 0 Å². The lowest BCUT2D eigenvalue weighted by molar-refractivity contribution is 0.146. The van der Waals surface area contributed by atoms with Crippen molar-refractivity contribution in [3.8, 4) is 0 Å². The molecule has 0 bridgehead atoms. The van der Waals surface area contributed by atoms with E-state index in [1.165, 1.54) is 58.0 Å². The smallest absolute Gasteiger partial charge is 0.00884 e. The second-order valence-corrected chi connectivity index (χ2v) is 5.30. The van der Waals surface area contributed by atoms with E-state index in [1.807, 2.05) is 0 Å². The highest BCUT2D eigenvalue weighted by molar-refractivity contribution is 4.79. The Hall–Kier alpha value is -0.0800. The summed E-state index contributed by atoms with van der Waals surface area (Å²) in [6.45, 7) is 7.28. The Bertz CT molecular complexity index is 162. The third-order valence-corrected chi connectivity index (χ3v) is 4.04. The summed E-state index contributed by atoms with van der Waals surface area (Å²) >= 11 is 0. The Kier molecular flexibility index (Phi) is 7.06. The van der Waals surface area contributed by atoms with Gasteiger partial charge in [0.2, 0.25) is 0 Å². The van der Waals surface area contributed by atoms with Crippen LogP contribution >= 0.6 is 0 Å². The molecule has 1 saturated heterocycles. The molecule has 1 aliphatic heterocycles. The van der Waals surface area contributed by atoms with E-state index in [0.717, 1.165) is 12.1 Å². The molecule has 0 aromatic rings. The molecule has 0 saturated carbocycles. The van der Waals surface area contributed by atoms with Crippen LogP contribution in [-0.4, -0.2) is 37.1 Å². The number of unbranched alkanes of at least 4 members (excludes halogenated alkanes) is 3. The quantitative estimate of drug-likeness (QED) is 0.671. The van der Waals surface area contributed by atoms with Crippen LogP contribution in [0.4, 0.5) is 0 Å². The SMILES string of the molecule is CCCCCCC(C)N1CCC(NC)CC1. The lowest BCUT2D eigenvalue weighted by Crippen LogP contribution is -2.44. The van der Waals surface area contributed by atoms with Crippen LogP contribution in [0.3, 0.4) is 0 Å². The van der Waals surface area contributed by atoms with Crippen LogP contribution in [0.25, 0.3) is 0 Å². The van der Waals surface area contributed by atoms with Gasteiger partial charge in [-0.05, 0) is 46.3 Å². The zero-order chi connectivity index (χ0) is 11.8. The third kappa shape index (κ3) is 4.84. The maximum Gasteiger partial charge on any atom is 0.00884 e. The Morgan fingerprint density at radius 3 is 2.44 bits per heavy atom. The highest BCUT2D eigenvalue weighted by Crippen LogP contribution is 2.16. The average molecular weight is 226 g/mol. The number of nitrogens with zero attached hydrogens (tertiary/aromatic N) is 1. The molecule has 1 aliphatic rings. The van der Waals surface area contributed by atoms with Crippen molar-refractivity contribution in [2.24, 2.45) is 0 Å². The van der Waals surface area contributed by atoms with Crippen LogP contribution in [0, 0.1) is 0 Å². The number of rotatable bonds is 7. The number of piperidine rings is 1. The van der Waals surface area contributed by atoms with Gasteiger partial charge in [0, 0.05) is 12.1 Å². The van der Waals surface area contributed by atoms with E-state index >= 15 is 0 Å². The first-order valence-corrected chi connectivity index (χ1v) is 7.19. The summed E-state index contributed by atoms with van der Waals surface area (Å²) in [5, 5.41) is 3.40. The minimum Gasteiger partial charge on any atom is -0.317 e. The average Bonchev–Trinajstić information content (AvgIpc) is 2.34. The lowest BCUT2D eigenvalue weighted by Gasteiger charge is -2.36. The molecule has 0 aromatic carbocycles. The summed E-state index contributed by atoms with van der Waals surface area (Å²) in [6, 6.07) is 1.57. The first-order chi connectivity index (χ1) is 7.77. The molecule has 0 radical (unpaired) electrons. The van der Waals surface area contributed by atoms with Gasteiger partial charge < -0.3 is 10.2 Å². The second kappa shape index (κ2) is 8.08. The minimum absolute atomic E-state index is 0.767. The first-order valence-electron chi connectivity index (χ1n) is 7.19. The van der Waals surface area contributed by atoms with Crippen molar-refractivity contribution in [2.45, 2.75) is 70.9 Å². The van der Waals surface area contributed by atoms with Crippen LogP contribution in [0.5, 0.6) is 0 Å². The summed E-state index contributed by atoms with van der Waals surface area (Å²) < 4.78 is 0. The highest BCUT2D eigenvalue weighted by atomic mass is 15.2. The highest BCUT2D eigenvalue weighted by Gasteiger charge is 2.20. The van der Waals surface area contributed by atoms with Gasteiger partial charge in [-0.15, -0.1) is 0 Å². The normalized spacial score (nSPS) is 21.2. The summed E-state index contributed by atoms with van der Waals surface area (Å²) in [6.07, 6.45) is 9.65. The minimum atomic E-state index is 0.767. The van der Waals surface area contributed by atoms with Crippen LogP contribution in [-0.2, 0) is 0 Å². The van der Waals surface area contributed by atoms with E-state index in [4.69, 9.17) is 0 Å². The molecule has 1 unspecified atom stereocenters. The summed E-state index contributed by atoms with van der Waals surface area (Å²) in [4.78, 5) is 2.68. The third-order valence-electron chi connectivity index (χ3n) is 4.04. The zero-order valence-corrected chi connectivity index (χ0v) is 11.5. The van der Waals surface area contributed by atoms with Gasteiger partial charge in [-0.25, -0.2) is 0 Å². The van der Waals surface area contributed by atoms with Gasteiger partial charge in [0.05, 0.1) is 0 Å². The van der Waals surface area contributed by atoms with Crippen molar-refractivity contribution in [1.82, 2.24) is 10.2 Å². The van der Waals surface area contributed by atoms with E-state index < -0.39 is 0 Å². The molecule has 0 aromatic heterocycles. The van der Waals surface area contributed by atoms with E-state index in [-0.39, 0.29) is 0 Å². The van der Waals surface area contributed by atoms with Crippen LogP contribution in [0.2, 0.25) is 0 Å². The fourth-order valence-electron chi connectivity index (χ4n) is 2.68. The summed E-state index contributed by atoms with van der Waals surface area (Å²) in [5.41, 5.74) is 0. The number of likely N-dealkylation sites (tertiary alicyclic amines) is 1. The monoisotopic (exact) mass is 226 g/mol. The van der Waals surface area contributed by atoms with E-state index in [0.29, 0.717) is 0 Å². The Morgan fingerprint density at radius 1 is 1.19 bits per heavy atom. The molecule has 1 atom stereocenters. The van der Waals surface area contributed by atoms with Crippen molar-refractivity contribution in [2.75, 3.05) is 20.1 Å². The van der Waals surface area contributed by atoms with Crippen molar-refractivity contribution in [3.05, 3.63) is 0 Å². The van der Waals surface area contributed by atoms with E-state index in [9.17, 15) is 0 Å². The fourth-order valence-corrected chi connectivity index (χ4v) is 2.68. The molecule has 1 rings (SSSR count). The van der Waals surface area contributed by atoms with Gasteiger partial charge >= 0.3 is 0 Å². The molecule has 16 heavy (non-hydrogen) atoms. The Balaban J connectivity index is 2.10. The molecule has 1 N–H and O–H groups in total. The molecule has 0 spiro atoms. The predicted molar refractivity (Wildman–Crippen MR) is 71.9 cm³/mol. The molecule has 1 fully saturated rings. The van der Waals surface area contributed by atoms with E-state index in [2.05, 4.69) is 31.1 Å². The Morgan fingerprint density at radius 2 is 1.88 bits per heavy atom. The summed E-state index contributed by atoms with van der Waals surface area (Å²) in [7, 11) is 2.09. The number of nitrogens with one attached hydrogen (secondary N) is 1.